The van der Waals surface area contributed by atoms with Crippen molar-refractivity contribution in [3.8, 4) is 5.69 Å². The van der Waals surface area contributed by atoms with Gasteiger partial charge in [0.15, 0.2) is 0 Å². The summed E-state index contributed by atoms with van der Waals surface area (Å²) in [5, 5.41) is -0.0239. The van der Waals surface area contributed by atoms with Crippen molar-refractivity contribution in [1.82, 2.24) is 9.55 Å². The van der Waals surface area contributed by atoms with Crippen molar-refractivity contribution in [2.45, 2.75) is 6.92 Å². The minimum atomic E-state index is -0.566. The van der Waals surface area contributed by atoms with Crippen molar-refractivity contribution < 1.29 is 8.78 Å². The zero-order valence-corrected chi connectivity index (χ0v) is 13.1. The fourth-order valence-corrected chi connectivity index (χ4v) is 2.71. The lowest BCUT2D eigenvalue weighted by Gasteiger charge is -2.11. The molecule has 0 spiro atoms. The van der Waals surface area contributed by atoms with E-state index in [4.69, 9.17) is 17.3 Å². The van der Waals surface area contributed by atoms with Crippen LogP contribution in [-0.4, -0.2) is 9.55 Å². The molecule has 0 aliphatic heterocycles. The second-order valence-electron chi connectivity index (χ2n) is 4.61. The molecule has 0 aliphatic carbocycles. The van der Waals surface area contributed by atoms with Crippen LogP contribution in [-0.2, 0) is 0 Å². The van der Waals surface area contributed by atoms with E-state index in [-0.39, 0.29) is 16.8 Å². The summed E-state index contributed by atoms with van der Waals surface area (Å²) in [4.78, 5) is 4.17. The van der Waals surface area contributed by atoms with E-state index in [2.05, 4.69) is 20.9 Å². The summed E-state index contributed by atoms with van der Waals surface area (Å²) >= 11 is 8.89. The molecule has 0 aliphatic rings. The van der Waals surface area contributed by atoms with Crippen molar-refractivity contribution in [3.05, 3.63) is 51.0 Å². The van der Waals surface area contributed by atoms with Crippen LogP contribution >= 0.6 is 27.5 Å². The molecule has 7 heteroatoms. The van der Waals surface area contributed by atoms with Crippen LogP contribution in [0.15, 0.2) is 28.7 Å². The zero-order chi connectivity index (χ0) is 15.3. The van der Waals surface area contributed by atoms with E-state index in [0.29, 0.717) is 26.8 Å². The lowest BCUT2D eigenvalue weighted by atomic mass is 10.2. The summed E-state index contributed by atoms with van der Waals surface area (Å²) in [6, 6.07) is 5.62. The highest BCUT2D eigenvalue weighted by atomic mass is 79.9. The highest BCUT2D eigenvalue weighted by Crippen LogP contribution is 2.31. The molecule has 0 radical (unpaired) electrons. The van der Waals surface area contributed by atoms with E-state index in [1.807, 2.05) is 0 Å². The largest absolute Gasteiger partial charge is 0.369 e. The number of imidazole rings is 1. The quantitative estimate of drug-likeness (QED) is 0.678. The van der Waals surface area contributed by atoms with Gasteiger partial charge >= 0.3 is 0 Å². The van der Waals surface area contributed by atoms with Crippen LogP contribution in [0.4, 0.5) is 14.7 Å². The number of aryl methyl sites for hydroxylation is 1. The van der Waals surface area contributed by atoms with Gasteiger partial charge in [0.1, 0.15) is 11.6 Å². The third-order valence-electron chi connectivity index (χ3n) is 3.20. The number of fused-ring (bicyclic) bond motifs is 1. The summed E-state index contributed by atoms with van der Waals surface area (Å²) in [6.45, 7) is 1.74. The molecule has 0 unspecified atom stereocenters. The van der Waals surface area contributed by atoms with Gasteiger partial charge < -0.3 is 5.73 Å². The molecular formula is C14H9BrClF2N3. The predicted octanol–water partition coefficient (Wildman–Crippen LogP) is 4.61. The Morgan fingerprint density at radius 1 is 1.19 bits per heavy atom. The molecule has 3 nitrogen and oxygen atoms in total. The second-order valence-corrected chi connectivity index (χ2v) is 5.87. The molecule has 0 bridgehead atoms. The fourth-order valence-electron chi connectivity index (χ4n) is 2.22. The Hall–Kier alpha value is -1.66. The van der Waals surface area contributed by atoms with Crippen LogP contribution in [0, 0.1) is 18.6 Å². The van der Waals surface area contributed by atoms with E-state index in [9.17, 15) is 8.78 Å². The number of hydrogen-bond donors (Lipinski definition) is 1. The smallest absolute Gasteiger partial charge is 0.205 e. The van der Waals surface area contributed by atoms with Crippen molar-refractivity contribution in [1.29, 1.82) is 0 Å². The van der Waals surface area contributed by atoms with Gasteiger partial charge in [0.05, 0.1) is 26.2 Å². The van der Waals surface area contributed by atoms with Gasteiger partial charge in [0.2, 0.25) is 5.95 Å². The first-order valence-corrected chi connectivity index (χ1v) is 7.14. The van der Waals surface area contributed by atoms with Gasteiger partial charge in [-0.1, -0.05) is 11.6 Å². The first-order chi connectivity index (χ1) is 9.88. The van der Waals surface area contributed by atoms with Crippen LogP contribution in [0.5, 0.6) is 0 Å². The Balaban J connectivity index is 2.37. The van der Waals surface area contributed by atoms with Crippen LogP contribution in [0.25, 0.3) is 16.7 Å². The van der Waals surface area contributed by atoms with E-state index in [0.717, 1.165) is 0 Å². The normalized spacial score (nSPS) is 11.3. The minimum Gasteiger partial charge on any atom is -0.369 e. The van der Waals surface area contributed by atoms with Gasteiger partial charge in [-0.05, 0) is 46.6 Å². The summed E-state index contributed by atoms with van der Waals surface area (Å²) < 4.78 is 29.1. The van der Waals surface area contributed by atoms with Gasteiger partial charge in [-0.25, -0.2) is 13.8 Å². The Bertz CT molecular complexity index is 877. The Labute approximate surface area is 132 Å². The minimum absolute atomic E-state index is 0.0239. The average Bonchev–Trinajstić information content (AvgIpc) is 2.70. The number of aromatic nitrogens is 2. The summed E-state index contributed by atoms with van der Waals surface area (Å²) in [5.41, 5.74) is 8.13. The molecule has 108 valence electrons. The molecule has 3 rings (SSSR count). The number of benzene rings is 2. The Kier molecular flexibility index (Phi) is 3.37. The highest BCUT2D eigenvalue weighted by molar-refractivity contribution is 9.10. The number of nitrogens with zero attached hydrogens (tertiary/aromatic N) is 2. The van der Waals surface area contributed by atoms with Gasteiger partial charge in [-0.3, -0.25) is 4.57 Å². The molecule has 2 N–H and O–H groups in total. The first-order valence-electron chi connectivity index (χ1n) is 5.97. The number of rotatable bonds is 1. The van der Waals surface area contributed by atoms with Gasteiger partial charge in [0.25, 0.3) is 0 Å². The van der Waals surface area contributed by atoms with E-state index in [1.165, 1.54) is 18.2 Å². The molecule has 1 heterocycles. The molecule has 0 saturated carbocycles. The third-order valence-corrected chi connectivity index (χ3v) is 4.10. The van der Waals surface area contributed by atoms with Crippen LogP contribution in [0.1, 0.15) is 5.56 Å². The van der Waals surface area contributed by atoms with Gasteiger partial charge in [-0.15, -0.1) is 0 Å². The zero-order valence-electron chi connectivity index (χ0n) is 10.8. The van der Waals surface area contributed by atoms with Crippen molar-refractivity contribution in [2.75, 3.05) is 5.73 Å². The van der Waals surface area contributed by atoms with Crippen LogP contribution < -0.4 is 5.73 Å². The molecule has 0 saturated heterocycles. The molecular weight excluding hydrogens is 364 g/mol. The van der Waals surface area contributed by atoms with Crippen LogP contribution in [0.2, 0.25) is 5.02 Å². The van der Waals surface area contributed by atoms with Crippen molar-refractivity contribution >= 4 is 44.5 Å². The van der Waals surface area contributed by atoms with Crippen LogP contribution in [0.3, 0.4) is 0 Å². The summed E-state index contributed by atoms with van der Waals surface area (Å²) in [7, 11) is 0. The summed E-state index contributed by atoms with van der Waals surface area (Å²) in [6.07, 6.45) is 0. The molecule has 3 aromatic rings. The maximum absolute atomic E-state index is 13.7. The van der Waals surface area contributed by atoms with Crippen molar-refractivity contribution in [2.24, 2.45) is 0 Å². The number of halogens is 4. The Morgan fingerprint density at radius 2 is 1.90 bits per heavy atom. The number of nitrogens with two attached hydrogens (primary N) is 1. The number of hydrogen-bond acceptors (Lipinski definition) is 2. The molecule has 0 atom stereocenters. The molecule has 0 amide bonds. The second kappa shape index (κ2) is 4.96. The third kappa shape index (κ3) is 2.28. The maximum atomic E-state index is 13.7. The average molecular weight is 373 g/mol. The predicted molar refractivity (Wildman–Crippen MR) is 82.8 cm³/mol. The number of anilines is 1. The van der Waals surface area contributed by atoms with E-state index >= 15 is 0 Å². The molecule has 21 heavy (non-hydrogen) atoms. The van der Waals surface area contributed by atoms with Gasteiger partial charge in [-0.2, -0.15) is 0 Å². The van der Waals surface area contributed by atoms with Crippen molar-refractivity contribution in [3.63, 3.8) is 0 Å². The maximum Gasteiger partial charge on any atom is 0.205 e. The first kappa shape index (κ1) is 14.3. The Morgan fingerprint density at radius 3 is 2.62 bits per heavy atom. The number of nitrogen functional groups attached to an aromatic ring is 1. The molecule has 1 aromatic heterocycles. The topological polar surface area (TPSA) is 43.8 Å². The molecule has 0 fully saturated rings. The lowest BCUT2D eigenvalue weighted by molar-refractivity contribution is 0.619. The molecule has 2 aromatic carbocycles. The standard InChI is InChI=1S/C14H9BrClF2N3/c1-6-2-9(17)7(15)3-12(6)21-13-5-10(18)8(16)4-11(13)20-14(21)19/h2-5H,1H3,(H2,19,20). The monoisotopic (exact) mass is 371 g/mol. The lowest BCUT2D eigenvalue weighted by Crippen LogP contribution is -2.03. The highest BCUT2D eigenvalue weighted by Gasteiger charge is 2.16. The fraction of sp³-hybridized carbons (Fsp3) is 0.0714. The SMILES string of the molecule is Cc1cc(F)c(Br)cc1-n1c(N)nc2cc(Cl)c(F)cc21. The van der Waals surface area contributed by atoms with Gasteiger partial charge in [0, 0.05) is 6.07 Å². The van der Waals surface area contributed by atoms with E-state index in [1.54, 1.807) is 17.6 Å². The van der Waals surface area contributed by atoms with E-state index < -0.39 is 5.82 Å². The summed E-state index contributed by atoms with van der Waals surface area (Å²) in [5.74, 6) is -0.772.